The van der Waals surface area contributed by atoms with E-state index in [-0.39, 0.29) is 54.1 Å². The summed E-state index contributed by atoms with van der Waals surface area (Å²) in [6, 6.07) is 14.2. The number of aliphatic hydroxyl groups is 1. The molecule has 48 heavy (non-hydrogen) atoms. The number of benzene rings is 2. The normalized spacial score (nSPS) is 25.2. The summed E-state index contributed by atoms with van der Waals surface area (Å²) in [4.78, 5) is 55.4. The number of nitro groups is 1. The number of ether oxygens (including phenoxy) is 2. The lowest BCUT2D eigenvalue weighted by Gasteiger charge is -2.31. The van der Waals surface area contributed by atoms with Gasteiger partial charge in [-0.2, -0.15) is 0 Å². The third kappa shape index (κ3) is 5.50. The predicted molar refractivity (Wildman–Crippen MR) is 177 cm³/mol. The molecule has 1 N–H and O–H groups in total. The van der Waals surface area contributed by atoms with Gasteiger partial charge >= 0.3 is 0 Å². The summed E-state index contributed by atoms with van der Waals surface area (Å²) in [6.07, 6.45) is 1.92. The van der Waals surface area contributed by atoms with E-state index in [1.807, 2.05) is 0 Å². The van der Waals surface area contributed by atoms with Crippen LogP contribution in [0.1, 0.15) is 37.3 Å². The minimum absolute atomic E-state index is 0.0748. The fourth-order valence-corrected chi connectivity index (χ4v) is 10.4. The molecular weight excluding hydrogens is 639 g/mol. The first-order valence-corrected chi connectivity index (χ1v) is 19.0. The number of methoxy groups -OCH3 is 1. The topological polar surface area (TPSA) is 144 Å². The minimum atomic E-state index is -3.59. The van der Waals surface area contributed by atoms with Gasteiger partial charge in [-0.05, 0) is 61.8 Å². The molecule has 254 valence electrons. The van der Waals surface area contributed by atoms with Gasteiger partial charge in [-0.3, -0.25) is 29.1 Å². The smallest absolute Gasteiger partial charge is 0.297 e. The lowest BCUT2D eigenvalue weighted by atomic mass is 9.82. The van der Waals surface area contributed by atoms with Gasteiger partial charge < -0.3 is 28.5 Å². The van der Waals surface area contributed by atoms with Gasteiger partial charge in [-0.1, -0.05) is 19.1 Å². The van der Waals surface area contributed by atoms with Crippen LogP contribution >= 0.6 is 0 Å². The van der Waals surface area contributed by atoms with Crippen molar-refractivity contribution in [2.75, 3.05) is 25.2 Å². The highest BCUT2D eigenvalue weighted by Crippen LogP contribution is 2.60. The number of carbonyl (C=O) groups is 2. The van der Waals surface area contributed by atoms with Crippen molar-refractivity contribution in [3.05, 3.63) is 92.4 Å². The molecule has 5 atom stereocenters. The monoisotopic (exact) mass is 678 g/mol. The molecule has 4 heterocycles. The third-order valence-corrected chi connectivity index (χ3v) is 12.6. The molecule has 14 heteroatoms. The van der Waals surface area contributed by atoms with E-state index in [2.05, 4.69) is 0 Å². The maximum Gasteiger partial charge on any atom is 0.297 e. The van der Waals surface area contributed by atoms with Crippen LogP contribution in [0.3, 0.4) is 0 Å². The van der Waals surface area contributed by atoms with Crippen LogP contribution in [-0.2, 0) is 26.5 Å². The van der Waals surface area contributed by atoms with E-state index >= 15 is 4.11 Å². The van der Waals surface area contributed by atoms with Gasteiger partial charge in [0.1, 0.15) is 0 Å². The zero-order chi connectivity index (χ0) is 34.5. The fraction of sp³-hybridized carbons (Fsp3) is 0.441. The zero-order valence-electron chi connectivity index (χ0n) is 27.3. The number of amides is 2. The maximum absolute atomic E-state index is 16.2. The number of nitro benzene ring substituents is 1. The first kappa shape index (κ1) is 33.5. The Morgan fingerprint density at radius 1 is 1.19 bits per heavy atom. The molecule has 3 aromatic rings. The Hall–Kier alpha value is -4.40. The van der Waals surface area contributed by atoms with Gasteiger partial charge in [0.15, 0.2) is 11.4 Å². The van der Waals surface area contributed by atoms with Gasteiger partial charge in [0, 0.05) is 47.6 Å². The van der Waals surface area contributed by atoms with E-state index in [0.29, 0.717) is 29.9 Å². The lowest BCUT2D eigenvalue weighted by Crippen LogP contribution is -2.45. The molecule has 1 spiro atoms. The summed E-state index contributed by atoms with van der Waals surface area (Å²) in [5, 5.41) is 21.7. The Labute approximate surface area is 278 Å². The standard InChI is InChI=1S/C34H39FN4O8Si/c1-21-31(48(3,4)35)29(18-30(41)36-15-5-7-25(36)20-40)47-34(21)26-17-24(39(44)45)13-14-27(26)38(33(34)43)19-22-9-11-23(12-10-22)37-16-6-8-28(46-2)32(37)42/h6,8-14,16-17,21,25,29,31,40H,5,7,15,18-20H2,1-4H3/t21-,25+,29+,31-,34+/m1/s1. The maximum atomic E-state index is 16.2. The van der Waals surface area contributed by atoms with Crippen molar-refractivity contribution in [1.29, 1.82) is 0 Å². The Bertz CT molecular complexity index is 1810. The summed E-state index contributed by atoms with van der Waals surface area (Å²) in [5.41, 5.74) is -1.09. The van der Waals surface area contributed by atoms with Crippen LogP contribution in [0, 0.1) is 16.0 Å². The minimum Gasteiger partial charge on any atom is -0.491 e. The number of hydrogen-bond donors (Lipinski definition) is 1. The van der Waals surface area contributed by atoms with E-state index in [0.717, 1.165) is 6.42 Å². The molecule has 2 fully saturated rings. The van der Waals surface area contributed by atoms with Gasteiger partial charge in [-0.25, -0.2) is 0 Å². The van der Waals surface area contributed by atoms with Crippen LogP contribution in [-0.4, -0.2) is 72.1 Å². The molecule has 3 aliphatic heterocycles. The van der Waals surface area contributed by atoms with Crippen LogP contribution < -0.4 is 15.2 Å². The molecule has 0 unspecified atom stereocenters. The highest BCUT2D eigenvalue weighted by Gasteiger charge is 2.67. The highest BCUT2D eigenvalue weighted by atomic mass is 28.4. The first-order valence-electron chi connectivity index (χ1n) is 16.0. The number of anilines is 1. The molecule has 2 aromatic carbocycles. The molecule has 3 aliphatic rings. The summed E-state index contributed by atoms with van der Waals surface area (Å²) >= 11 is 0. The Kier molecular flexibility index (Phi) is 8.77. The van der Waals surface area contributed by atoms with Gasteiger partial charge in [0.25, 0.3) is 17.2 Å². The van der Waals surface area contributed by atoms with E-state index in [1.54, 1.807) is 54.4 Å². The number of halogens is 1. The number of aliphatic hydroxyl groups excluding tert-OH is 1. The van der Waals surface area contributed by atoms with Crippen molar-refractivity contribution in [2.45, 2.75) is 69.1 Å². The lowest BCUT2D eigenvalue weighted by molar-refractivity contribution is -0.385. The molecular formula is C34H39FN4O8Si. The molecule has 0 aliphatic carbocycles. The van der Waals surface area contributed by atoms with Gasteiger partial charge in [0.05, 0.1) is 49.4 Å². The SMILES string of the molecule is COc1cccn(-c2ccc(CN3C(=O)[C@@]4(O[C@@H](CC(=O)N5CCC[C@H]5CO)[C@H]([Si](C)(C)F)[C@H]4C)c4cc([N+](=O)[O-])ccc43)cc2)c1=O. The van der Waals surface area contributed by atoms with Gasteiger partial charge in [0.2, 0.25) is 14.3 Å². The predicted octanol–water partition coefficient (Wildman–Crippen LogP) is 4.45. The Balaban J connectivity index is 1.37. The largest absolute Gasteiger partial charge is 0.491 e. The number of likely N-dealkylation sites (tertiary alicyclic amines) is 1. The average molecular weight is 679 g/mol. The number of carbonyl (C=O) groups excluding carboxylic acids is 2. The van der Waals surface area contributed by atoms with Crippen molar-refractivity contribution in [3.63, 3.8) is 0 Å². The van der Waals surface area contributed by atoms with E-state index in [1.165, 1.54) is 47.9 Å². The molecule has 12 nitrogen and oxygen atoms in total. The van der Waals surface area contributed by atoms with Crippen LogP contribution in [0.15, 0.2) is 65.6 Å². The second-order valence-electron chi connectivity index (χ2n) is 13.3. The summed E-state index contributed by atoms with van der Waals surface area (Å²) in [6.45, 7) is 5.17. The average Bonchev–Trinajstić information content (AvgIpc) is 3.71. The quantitative estimate of drug-likeness (QED) is 0.151. The highest BCUT2D eigenvalue weighted by molar-refractivity contribution is 6.72. The molecule has 2 saturated heterocycles. The first-order chi connectivity index (χ1) is 22.8. The zero-order valence-corrected chi connectivity index (χ0v) is 28.3. The number of non-ortho nitro benzene ring substituents is 1. The van der Waals surface area contributed by atoms with Crippen molar-refractivity contribution in [2.24, 2.45) is 5.92 Å². The molecule has 1 aromatic heterocycles. The molecule has 0 radical (unpaired) electrons. The molecule has 6 rings (SSSR count). The van der Waals surface area contributed by atoms with Crippen LogP contribution in [0.4, 0.5) is 15.5 Å². The fourth-order valence-electron chi connectivity index (χ4n) is 7.93. The summed E-state index contributed by atoms with van der Waals surface area (Å²) in [5.74, 6) is -1.31. The Morgan fingerprint density at radius 2 is 1.92 bits per heavy atom. The van der Waals surface area contributed by atoms with Gasteiger partial charge in [-0.15, -0.1) is 0 Å². The third-order valence-electron chi connectivity index (χ3n) is 10.1. The van der Waals surface area contributed by atoms with Crippen molar-refractivity contribution in [3.8, 4) is 11.4 Å². The number of aromatic nitrogens is 1. The summed E-state index contributed by atoms with van der Waals surface area (Å²) in [7, 11) is -2.17. The second-order valence-corrected chi connectivity index (χ2v) is 17.1. The van der Waals surface area contributed by atoms with E-state index < -0.39 is 42.4 Å². The molecule has 0 saturated carbocycles. The second kappa shape index (κ2) is 12.6. The van der Waals surface area contributed by atoms with Crippen molar-refractivity contribution in [1.82, 2.24) is 9.47 Å². The molecule has 2 amide bonds. The Morgan fingerprint density at radius 3 is 2.56 bits per heavy atom. The number of pyridine rings is 1. The molecule has 0 bridgehead atoms. The van der Waals surface area contributed by atoms with E-state index in [9.17, 15) is 29.6 Å². The number of hydrogen-bond acceptors (Lipinski definition) is 8. The summed E-state index contributed by atoms with van der Waals surface area (Å²) < 4.78 is 29.5. The van der Waals surface area contributed by atoms with Crippen LogP contribution in [0.2, 0.25) is 18.6 Å². The number of fused-ring (bicyclic) bond motifs is 2. The van der Waals surface area contributed by atoms with Crippen LogP contribution in [0.5, 0.6) is 5.75 Å². The van der Waals surface area contributed by atoms with Crippen molar-refractivity contribution < 1.29 is 33.2 Å². The van der Waals surface area contributed by atoms with Crippen LogP contribution in [0.25, 0.3) is 5.69 Å². The van der Waals surface area contributed by atoms with Crippen molar-refractivity contribution >= 4 is 31.6 Å². The number of rotatable bonds is 9. The number of nitrogens with zero attached hydrogens (tertiary/aromatic N) is 4. The van der Waals surface area contributed by atoms with E-state index in [4.69, 9.17) is 9.47 Å².